The topological polar surface area (TPSA) is 96.0 Å². The molecular weight excluding hydrogens is 370 g/mol. The Kier molecular flexibility index (Phi) is 4.69. The van der Waals surface area contributed by atoms with E-state index >= 15 is 0 Å². The monoisotopic (exact) mass is 393 g/mol. The zero-order chi connectivity index (χ0) is 19.2. The predicted octanol–water partition coefficient (Wildman–Crippen LogP) is 0.444. The lowest BCUT2D eigenvalue weighted by atomic mass is 10.1. The lowest BCUT2D eigenvalue weighted by Gasteiger charge is -2.32. The van der Waals surface area contributed by atoms with Crippen molar-refractivity contribution in [1.29, 1.82) is 0 Å². The molecule has 0 bridgehead atoms. The number of amides is 2. The van der Waals surface area contributed by atoms with Crippen LogP contribution in [0.4, 0.5) is 0 Å². The third kappa shape index (κ3) is 3.24. The normalized spacial score (nSPS) is 27.1. The smallest absolute Gasteiger partial charge is 0.269 e. The van der Waals surface area contributed by atoms with Crippen molar-refractivity contribution in [2.24, 2.45) is 0 Å². The zero-order valence-electron chi connectivity index (χ0n) is 15.2. The maximum atomic E-state index is 12.9. The van der Waals surface area contributed by atoms with Crippen molar-refractivity contribution in [1.82, 2.24) is 14.5 Å². The first kappa shape index (κ1) is 18.4. The Balaban J connectivity index is 1.61. The highest BCUT2D eigenvalue weighted by atomic mass is 32.2. The Morgan fingerprint density at radius 2 is 2.19 bits per heavy atom. The van der Waals surface area contributed by atoms with Crippen LogP contribution in [0, 0.1) is 0 Å². The Morgan fingerprint density at radius 1 is 1.37 bits per heavy atom. The van der Waals surface area contributed by atoms with E-state index in [0.717, 1.165) is 17.1 Å². The number of nitrogens with one attached hydrogen (secondary N) is 1. The molecule has 0 unspecified atom stereocenters. The molecule has 8 nitrogen and oxygen atoms in total. The fourth-order valence-corrected chi connectivity index (χ4v) is 5.49. The number of fused-ring (bicyclic) bond motifs is 1. The third-order valence-electron chi connectivity index (χ3n) is 5.30. The van der Waals surface area contributed by atoms with Crippen LogP contribution in [-0.2, 0) is 14.8 Å². The fourth-order valence-electron chi connectivity index (χ4n) is 3.86. The summed E-state index contributed by atoms with van der Waals surface area (Å²) in [6, 6.07) is 4.51. The van der Waals surface area contributed by atoms with Crippen LogP contribution >= 0.6 is 0 Å². The predicted molar refractivity (Wildman–Crippen MR) is 97.0 cm³/mol. The number of carbonyl (C=O) groups excluding carboxylic acids is 2. The molecule has 3 aliphatic rings. The first-order valence-corrected chi connectivity index (χ1v) is 10.7. The second-order valence-corrected chi connectivity index (χ2v) is 9.12. The number of sulfonamides is 1. The quantitative estimate of drug-likeness (QED) is 0.801. The molecule has 0 radical (unpaired) electrons. The summed E-state index contributed by atoms with van der Waals surface area (Å²) in [5, 5.41) is 3.27. The van der Waals surface area contributed by atoms with Crippen LogP contribution in [0.1, 0.15) is 40.5 Å². The summed E-state index contributed by atoms with van der Waals surface area (Å²) in [6.07, 6.45) is 1.34. The van der Waals surface area contributed by atoms with Crippen LogP contribution in [0.15, 0.2) is 23.1 Å². The number of ether oxygens (including phenoxy) is 1. The van der Waals surface area contributed by atoms with Gasteiger partial charge in [0, 0.05) is 37.8 Å². The van der Waals surface area contributed by atoms with E-state index in [1.165, 1.54) is 18.2 Å². The number of carbonyl (C=O) groups is 2. The third-order valence-corrected chi connectivity index (χ3v) is 7.09. The molecule has 9 heteroatoms. The molecule has 2 saturated heterocycles. The number of piperazine rings is 1. The highest BCUT2D eigenvalue weighted by Crippen LogP contribution is 2.32. The van der Waals surface area contributed by atoms with Crippen LogP contribution in [-0.4, -0.2) is 74.4 Å². The molecule has 0 aliphatic carbocycles. The van der Waals surface area contributed by atoms with Crippen LogP contribution < -0.4 is 5.32 Å². The van der Waals surface area contributed by atoms with Gasteiger partial charge in [-0.25, -0.2) is 12.7 Å². The Bertz CT molecular complexity index is 879. The SMILES string of the molecule is C[C@@H]1CN(C(=O)c2ccc3c(c2)S(=O)(=O)N(C[C@@H]2CCCO2)C3=O)CCN1. The van der Waals surface area contributed by atoms with Gasteiger partial charge in [0.15, 0.2) is 0 Å². The van der Waals surface area contributed by atoms with E-state index in [2.05, 4.69) is 5.32 Å². The number of nitrogens with zero attached hydrogens (tertiary/aromatic N) is 2. The summed E-state index contributed by atoms with van der Waals surface area (Å²) in [6.45, 7) is 4.43. The molecule has 0 aromatic heterocycles. The molecule has 27 heavy (non-hydrogen) atoms. The lowest BCUT2D eigenvalue weighted by molar-refractivity contribution is 0.0701. The van der Waals surface area contributed by atoms with E-state index < -0.39 is 15.9 Å². The van der Waals surface area contributed by atoms with Crippen LogP contribution in [0.25, 0.3) is 0 Å². The summed E-state index contributed by atoms with van der Waals surface area (Å²) in [5.41, 5.74) is 0.413. The molecule has 3 aliphatic heterocycles. The summed E-state index contributed by atoms with van der Waals surface area (Å²) >= 11 is 0. The van der Waals surface area contributed by atoms with Gasteiger partial charge in [0.25, 0.3) is 21.8 Å². The van der Waals surface area contributed by atoms with Crippen molar-refractivity contribution in [2.75, 3.05) is 32.8 Å². The molecular formula is C18H23N3O5S. The summed E-state index contributed by atoms with van der Waals surface area (Å²) in [4.78, 5) is 27.0. The maximum absolute atomic E-state index is 12.9. The van der Waals surface area contributed by atoms with E-state index in [1.54, 1.807) is 4.90 Å². The molecule has 1 N–H and O–H groups in total. The Labute approximate surface area is 158 Å². The van der Waals surface area contributed by atoms with Crippen molar-refractivity contribution in [2.45, 2.75) is 36.8 Å². The first-order chi connectivity index (χ1) is 12.9. The van der Waals surface area contributed by atoms with Crippen molar-refractivity contribution in [3.63, 3.8) is 0 Å². The van der Waals surface area contributed by atoms with E-state index in [-0.39, 0.29) is 40.6 Å². The van der Waals surface area contributed by atoms with Crippen LogP contribution in [0.2, 0.25) is 0 Å². The molecule has 0 spiro atoms. The average molecular weight is 393 g/mol. The van der Waals surface area contributed by atoms with Gasteiger partial charge in [-0.05, 0) is 38.0 Å². The Hall–Kier alpha value is -1.97. The van der Waals surface area contributed by atoms with Crippen molar-refractivity contribution in [3.8, 4) is 0 Å². The minimum atomic E-state index is -3.96. The minimum Gasteiger partial charge on any atom is -0.376 e. The van der Waals surface area contributed by atoms with Crippen LogP contribution in [0.5, 0.6) is 0 Å². The second kappa shape index (κ2) is 6.88. The van der Waals surface area contributed by atoms with Crippen LogP contribution in [0.3, 0.4) is 0 Å². The van der Waals surface area contributed by atoms with E-state index in [4.69, 9.17) is 4.74 Å². The van der Waals surface area contributed by atoms with E-state index in [9.17, 15) is 18.0 Å². The van der Waals surface area contributed by atoms with Gasteiger partial charge in [-0.2, -0.15) is 0 Å². The molecule has 1 aromatic carbocycles. The summed E-state index contributed by atoms with van der Waals surface area (Å²) in [5.74, 6) is -0.762. The second-order valence-electron chi connectivity index (χ2n) is 7.29. The molecule has 2 amide bonds. The number of benzene rings is 1. The Morgan fingerprint density at radius 3 is 2.89 bits per heavy atom. The van der Waals surface area contributed by atoms with Gasteiger partial charge in [-0.15, -0.1) is 0 Å². The van der Waals surface area contributed by atoms with Gasteiger partial charge >= 0.3 is 0 Å². The molecule has 1 aromatic rings. The highest BCUT2D eigenvalue weighted by molar-refractivity contribution is 7.90. The molecule has 146 valence electrons. The summed E-state index contributed by atoms with van der Waals surface area (Å²) in [7, 11) is -3.96. The number of hydrogen-bond donors (Lipinski definition) is 1. The van der Waals surface area contributed by atoms with Crippen molar-refractivity contribution < 1.29 is 22.7 Å². The minimum absolute atomic E-state index is 0.0223. The fraction of sp³-hybridized carbons (Fsp3) is 0.556. The van der Waals surface area contributed by atoms with Gasteiger partial charge in [0.05, 0.1) is 18.2 Å². The lowest BCUT2D eigenvalue weighted by Crippen LogP contribution is -2.51. The van der Waals surface area contributed by atoms with E-state index in [1.807, 2.05) is 6.92 Å². The molecule has 4 rings (SSSR count). The molecule has 2 atom stereocenters. The van der Waals surface area contributed by atoms with Gasteiger partial charge < -0.3 is 15.0 Å². The highest BCUT2D eigenvalue weighted by Gasteiger charge is 2.43. The summed E-state index contributed by atoms with van der Waals surface area (Å²) < 4.78 is 32.2. The van der Waals surface area contributed by atoms with E-state index in [0.29, 0.717) is 26.2 Å². The zero-order valence-corrected chi connectivity index (χ0v) is 16.0. The first-order valence-electron chi connectivity index (χ1n) is 9.23. The standard InChI is InChI=1S/C18H23N3O5S/c1-12-10-20(7-6-19-12)17(22)13-4-5-15-16(9-13)27(24,25)21(18(15)23)11-14-3-2-8-26-14/h4-5,9,12,14,19H,2-3,6-8,10-11H2,1H3/t12-,14+/m1/s1. The number of hydrogen-bond acceptors (Lipinski definition) is 6. The molecule has 3 heterocycles. The van der Waals surface area contributed by atoms with Gasteiger partial charge in [0.1, 0.15) is 4.90 Å². The van der Waals surface area contributed by atoms with Gasteiger partial charge in [-0.3, -0.25) is 9.59 Å². The molecule has 0 saturated carbocycles. The average Bonchev–Trinajstić information content (AvgIpc) is 3.23. The maximum Gasteiger partial charge on any atom is 0.269 e. The van der Waals surface area contributed by atoms with Crippen molar-refractivity contribution >= 4 is 21.8 Å². The largest absolute Gasteiger partial charge is 0.376 e. The number of rotatable bonds is 3. The van der Waals surface area contributed by atoms with Crippen molar-refractivity contribution in [3.05, 3.63) is 29.3 Å². The van der Waals surface area contributed by atoms with Gasteiger partial charge in [0.2, 0.25) is 0 Å². The van der Waals surface area contributed by atoms with Gasteiger partial charge in [-0.1, -0.05) is 0 Å². The molecule has 2 fully saturated rings.